The van der Waals surface area contributed by atoms with Gasteiger partial charge in [-0.05, 0) is 62.4 Å². The summed E-state index contributed by atoms with van der Waals surface area (Å²) in [6.07, 6.45) is 13.6. The lowest BCUT2D eigenvalue weighted by Gasteiger charge is -2.39. The predicted octanol–water partition coefficient (Wildman–Crippen LogP) is 3.57. The third-order valence-electron chi connectivity index (χ3n) is 6.04. The molecule has 25 heavy (non-hydrogen) atoms. The molecule has 0 bridgehead atoms. The number of likely N-dealkylation sites (tertiary alicyclic amines) is 1. The number of ether oxygens (including phenoxy) is 1. The van der Waals surface area contributed by atoms with Crippen LogP contribution in [-0.2, 0) is 11.3 Å². The van der Waals surface area contributed by atoms with Gasteiger partial charge in [-0.3, -0.25) is 9.88 Å². The second-order valence-corrected chi connectivity index (χ2v) is 7.85. The van der Waals surface area contributed by atoms with E-state index < -0.39 is 0 Å². The molecule has 1 saturated heterocycles. The minimum Gasteiger partial charge on any atom is -0.383 e. The average Bonchev–Trinajstić information content (AvgIpc) is 2.68. The van der Waals surface area contributed by atoms with Gasteiger partial charge in [-0.25, -0.2) is 0 Å². The Kier molecular flexibility index (Phi) is 7.71. The van der Waals surface area contributed by atoms with Gasteiger partial charge in [0.25, 0.3) is 0 Å². The van der Waals surface area contributed by atoms with Crippen LogP contribution in [0.4, 0.5) is 0 Å². The van der Waals surface area contributed by atoms with Crippen molar-refractivity contribution in [2.75, 3.05) is 39.9 Å². The van der Waals surface area contributed by atoms with Gasteiger partial charge in [-0.1, -0.05) is 19.3 Å². The molecule has 1 aliphatic heterocycles. The number of methoxy groups -OCH3 is 1. The normalized spacial score (nSPS) is 21.0. The maximum absolute atomic E-state index is 5.23. The van der Waals surface area contributed by atoms with Crippen molar-refractivity contribution in [1.29, 1.82) is 0 Å². The van der Waals surface area contributed by atoms with Gasteiger partial charge in [0.2, 0.25) is 0 Å². The van der Waals surface area contributed by atoms with Crippen LogP contribution in [0.5, 0.6) is 0 Å². The third-order valence-corrected chi connectivity index (χ3v) is 6.04. The summed E-state index contributed by atoms with van der Waals surface area (Å²) in [5, 5.41) is 0. The van der Waals surface area contributed by atoms with Gasteiger partial charge < -0.3 is 9.64 Å². The number of aromatic nitrogens is 1. The summed E-state index contributed by atoms with van der Waals surface area (Å²) in [5.41, 5.74) is 1.41. The predicted molar refractivity (Wildman–Crippen MR) is 103 cm³/mol. The van der Waals surface area contributed by atoms with E-state index in [9.17, 15) is 0 Å². The highest BCUT2D eigenvalue weighted by atomic mass is 16.5. The van der Waals surface area contributed by atoms with E-state index in [1.54, 1.807) is 7.11 Å². The fourth-order valence-electron chi connectivity index (χ4n) is 4.46. The highest BCUT2D eigenvalue weighted by Gasteiger charge is 2.26. The number of hydrogen-bond acceptors (Lipinski definition) is 4. The quantitative estimate of drug-likeness (QED) is 0.720. The first-order valence-electron chi connectivity index (χ1n) is 10.2. The van der Waals surface area contributed by atoms with Crippen molar-refractivity contribution in [3.63, 3.8) is 0 Å². The van der Waals surface area contributed by atoms with Gasteiger partial charge in [0, 0.05) is 45.2 Å². The van der Waals surface area contributed by atoms with Crippen LogP contribution in [0.15, 0.2) is 24.5 Å². The lowest BCUT2D eigenvalue weighted by Crippen LogP contribution is -2.43. The molecule has 2 fully saturated rings. The number of nitrogens with zero attached hydrogens (tertiary/aromatic N) is 3. The molecule has 1 aromatic heterocycles. The van der Waals surface area contributed by atoms with E-state index in [0.29, 0.717) is 0 Å². The minimum absolute atomic E-state index is 0.786. The van der Waals surface area contributed by atoms with Crippen LogP contribution in [0.25, 0.3) is 0 Å². The molecule has 0 spiro atoms. The Labute approximate surface area is 153 Å². The van der Waals surface area contributed by atoms with Gasteiger partial charge in [-0.15, -0.1) is 0 Å². The van der Waals surface area contributed by atoms with E-state index in [1.165, 1.54) is 70.1 Å². The van der Waals surface area contributed by atoms with Crippen LogP contribution in [-0.4, -0.2) is 60.7 Å². The molecule has 2 heterocycles. The van der Waals surface area contributed by atoms with Gasteiger partial charge in [0.15, 0.2) is 0 Å². The van der Waals surface area contributed by atoms with Crippen molar-refractivity contribution in [2.24, 2.45) is 5.92 Å². The van der Waals surface area contributed by atoms with Crippen LogP contribution in [0.1, 0.15) is 50.5 Å². The highest BCUT2D eigenvalue weighted by molar-refractivity contribution is 5.09. The van der Waals surface area contributed by atoms with Crippen molar-refractivity contribution < 1.29 is 4.74 Å². The minimum atomic E-state index is 0.786. The lowest BCUT2D eigenvalue weighted by atomic mass is 9.91. The standard InChI is InChI=1S/C21H35N3O/c1-25-16-15-23-13-9-20(10-14-23)18-24(21-5-3-2-4-6-21)17-19-7-11-22-12-8-19/h7-8,11-12,20-21H,2-6,9-10,13-18H2,1H3. The van der Waals surface area contributed by atoms with Crippen LogP contribution < -0.4 is 0 Å². The fraction of sp³-hybridized carbons (Fsp3) is 0.762. The molecule has 1 aliphatic carbocycles. The van der Waals surface area contributed by atoms with E-state index in [1.807, 2.05) is 12.4 Å². The Morgan fingerprint density at radius 1 is 1.08 bits per heavy atom. The van der Waals surface area contributed by atoms with E-state index in [-0.39, 0.29) is 0 Å². The summed E-state index contributed by atoms with van der Waals surface area (Å²) in [5.74, 6) is 0.850. The molecule has 0 unspecified atom stereocenters. The maximum Gasteiger partial charge on any atom is 0.0589 e. The van der Waals surface area contributed by atoms with Crippen molar-refractivity contribution in [3.8, 4) is 0 Å². The number of rotatable bonds is 8. The second kappa shape index (κ2) is 10.2. The molecule has 0 N–H and O–H groups in total. The Morgan fingerprint density at radius 3 is 2.48 bits per heavy atom. The Hall–Kier alpha value is -0.970. The van der Waals surface area contributed by atoms with E-state index >= 15 is 0 Å². The molecule has 3 rings (SSSR count). The second-order valence-electron chi connectivity index (χ2n) is 7.85. The van der Waals surface area contributed by atoms with Gasteiger partial charge >= 0.3 is 0 Å². The van der Waals surface area contributed by atoms with Crippen LogP contribution in [0, 0.1) is 5.92 Å². The molecule has 0 radical (unpaired) electrons. The van der Waals surface area contributed by atoms with Crippen molar-refractivity contribution in [2.45, 2.75) is 57.5 Å². The maximum atomic E-state index is 5.23. The van der Waals surface area contributed by atoms with Crippen LogP contribution in [0.3, 0.4) is 0 Å². The molecule has 2 aliphatic rings. The summed E-state index contributed by atoms with van der Waals surface area (Å²) in [7, 11) is 1.80. The summed E-state index contributed by atoms with van der Waals surface area (Å²) in [4.78, 5) is 9.54. The monoisotopic (exact) mass is 345 g/mol. The zero-order chi connectivity index (χ0) is 17.3. The largest absolute Gasteiger partial charge is 0.383 e. The molecule has 4 nitrogen and oxygen atoms in total. The average molecular weight is 346 g/mol. The topological polar surface area (TPSA) is 28.6 Å². The third kappa shape index (κ3) is 6.05. The van der Waals surface area contributed by atoms with Gasteiger partial charge in [0.05, 0.1) is 6.61 Å². The molecule has 0 amide bonds. The Balaban J connectivity index is 1.54. The van der Waals surface area contributed by atoms with E-state index in [2.05, 4.69) is 26.9 Å². The van der Waals surface area contributed by atoms with Gasteiger partial charge in [0.1, 0.15) is 0 Å². The Morgan fingerprint density at radius 2 is 1.80 bits per heavy atom. The molecule has 0 atom stereocenters. The van der Waals surface area contributed by atoms with E-state index in [4.69, 9.17) is 4.74 Å². The molecule has 1 saturated carbocycles. The first-order chi connectivity index (χ1) is 12.3. The Bertz CT molecular complexity index is 467. The molecule has 140 valence electrons. The fourth-order valence-corrected chi connectivity index (χ4v) is 4.46. The van der Waals surface area contributed by atoms with Crippen molar-refractivity contribution >= 4 is 0 Å². The highest BCUT2D eigenvalue weighted by Crippen LogP contribution is 2.27. The van der Waals surface area contributed by atoms with Crippen LogP contribution in [0.2, 0.25) is 0 Å². The number of piperidine rings is 1. The zero-order valence-electron chi connectivity index (χ0n) is 15.9. The summed E-state index contributed by atoms with van der Waals surface area (Å²) < 4.78 is 5.23. The molecular weight excluding hydrogens is 310 g/mol. The molecule has 4 heteroatoms. The molecule has 0 aromatic carbocycles. The van der Waals surface area contributed by atoms with Gasteiger partial charge in [-0.2, -0.15) is 0 Å². The smallest absolute Gasteiger partial charge is 0.0589 e. The zero-order valence-corrected chi connectivity index (χ0v) is 15.9. The summed E-state index contributed by atoms with van der Waals surface area (Å²) in [6, 6.07) is 5.15. The summed E-state index contributed by atoms with van der Waals surface area (Å²) >= 11 is 0. The van der Waals surface area contributed by atoms with Crippen molar-refractivity contribution in [3.05, 3.63) is 30.1 Å². The number of pyridine rings is 1. The van der Waals surface area contributed by atoms with Crippen molar-refractivity contribution in [1.82, 2.24) is 14.8 Å². The number of hydrogen-bond donors (Lipinski definition) is 0. The summed E-state index contributed by atoms with van der Waals surface area (Å²) in [6.45, 7) is 6.79. The first-order valence-corrected chi connectivity index (χ1v) is 10.2. The first kappa shape index (κ1) is 18.8. The lowest BCUT2D eigenvalue weighted by molar-refractivity contribution is 0.0820. The van der Waals surface area contributed by atoms with Crippen LogP contribution >= 0.6 is 0 Å². The molecular formula is C21H35N3O. The SMILES string of the molecule is COCCN1CCC(CN(Cc2ccncc2)C2CCCCC2)CC1. The van der Waals surface area contributed by atoms with E-state index in [0.717, 1.165) is 31.7 Å². The molecule has 1 aromatic rings.